The highest BCUT2D eigenvalue weighted by atomic mass is 19.1. The molecule has 0 unspecified atom stereocenters. The van der Waals surface area contributed by atoms with Crippen molar-refractivity contribution in [2.75, 3.05) is 6.67 Å². The largest absolute Gasteiger partial charge is 0.372 e. The summed E-state index contributed by atoms with van der Waals surface area (Å²) in [6, 6.07) is 5.21. The summed E-state index contributed by atoms with van der Waals surface area (Å²) >= 11 is 0. The van der Waals surface area contributed by atoms with Gasteiger partial charge in [0, 0.05) is 11.9 Å². The lowest BCUT2D eigenvalue weighted by molar-refractivity contribution is 0.625. The zero-order valence-corrected chi connectivity index (χ0v) is 9.09. The molecule has 2 nitrogen and oxygen atoms in total. The summed E-state index contributed by atoms with van der Waals surface area (Å²) in [5.41, 5.74) is 3.79. The fourth-order valence-corrected chi connectivity index (χ4v) is 2.67. The Morgan fingerprint density at radius 3 is 3.12 bits per heavy atom. The first kappa shape index (κ1) is 9.70. The van der Waals surface area contributed by atoms with Crippen LogP contribution in [0.25, 0.3) is 0 Å². The molecule has 84 valence electrons. The lowest BCUT2D eigenvalue weighted by Crippen LogP contribution is -2.15. The third kappa shape index (κ3) is 1.66. The molecule has 3 rings (SSSR count). The summed E-state index contributed by atoms with van der Waals surface area (Å²) in [5, 5.41) is 6.45. The quantitative estimate of drug-likeness (QED) is 0.795. The number of fused-ring (bicyclic) bond motifs is 1. The molecule has 16 heavy (non-hydrogen) atoms. The van der Waals surface area contributed by atoms with Crippen molar-refractivity contribution in [2.45, 2.75) is 25.2 Å². The molecule has 3 heteroatoms. The number of aryl methyl sites for hydroxylation is 1. The van der Waals surface area contributed by atoms with Gasteiger partial charge in [-0.2, -0.15) is 0 Å². The van der Waals surface area contributed by atoms with Crippen LogP contribution in [0.15, 0.2) is 30.1 Å². The van der Waals surface area contributed by atoms with Gasteiger partial charge >= 0.3 is 0 Å². The molecule has 1 aliphatic heterocycles. The minimum absolute atomic E-state index is 0.112. The zero-order chi connectivity index (χ0) is 11.0. The molecule has 0 saturated heterocycles. The maximum atomic E-state index is 13.1. The molecule has 2 N–H and O–H groups in total. The molecular formula is C13H15FN2. The fraction of sp³-hybridized carbons (Fsp3) is 0.385. The lowest BCUT2D eigenvalue weighted by Gasteiger charge is -2.12. The molecule has 0 amide bonds. The van der Waals surface area contributed by atoms with E-state index < -0.39 is 0 Å². The second kappa shape index (κ2) is 3.81. The predicted molar refractivity (Wildman–Crippen MR) is 61.3 cm³/mol. The van der Waals surface area contributed by atoms with Gasteiger partial charge in [-0.05, 0) is 48.4 Å². The van der Waals surface area contributed by atoms with Crippen molar-refractivity contribution in [3.63, 3.8) is 0 Å². The van der Waals surface area contributed by atoms with Crippen molar-refractivity contribution in [3.05, 3.63) is 47.0 Å². The molecule has 0 spiro atoms. The van der Waals surface area contributed by atoms with Gasteiger partial charge in [0.05, 0.1) is 6.67 Å². The molecule has 0 radical (unpaired) electrons. The van der Waals surface area contributed by atoms with Crippen LogP contribution in [0.3, 0.4) is 0 Å². The third-order valence-electron chi connectivity index (χ3n) is 3.47. The van der Waals surface area contributed by atoms with Crippen LogP contribution >= 0.6 is 0 Å². The van der Waals surface area contributed by atoms with E-state index in [1.807, 2.05) is 12.3 Å². The van der Waals surface area contributed by atoms with Crippen molar-refractivity contribution in [3.8, 4) is 0 Å². The van der Waals surface area contributed by atoms with Crippen LogP contribution in [-0.4, -0.2) is 6.67 Å². The molecule has 0 aromatic heterocycles. The Kier molecular flexibility index (Phi) is 2.31. The number of allylic oxidation sites excluding steroid dienone is 1. The molecule has 1 aromatic carbocycles. The minimum atomic E-state index is -0.112. The average Bonchev–Trinajstić information content (AvgIpc) is 2.89. The van der Waals surface area contributed by atoms with E-state index in [1.54, 1.807) is 12.1 Å². The summed E-state index contributed by atoms with van der Waals surface area (Å²) < 4.78 is 13.1. The van der Waals surface area contributed by atoms with Crippen LogP contribution in [0.1, 0.15) is 29.9 Å². The van der Waals surface area contributed by atoms with Crippen LogP contribution < -0.4 is 10.6 Å². The smallest absolute Gasteiger partial charge is 0.123 e. The predicted octanol–water partition coefficient (Wildman–Crippen LogP) is 2.24. The van der Waals surface area contributed by atoms with Gasteiger partial charge in [0.25, 0.3) is 0 Å². The van der Waals surface area contributed by atoms with Crippen LogP contribution in [0.2, 0.25) is 0 Å². The number of hydrogen-bond acceptors (Lipinski definition) is 2. The van der Waals surface area contributed by atoms with Crippen LogP contribution in [-0.2, 0) is 6.42 Å². The minimum Gasteiger partial charge on any atom is -0.372 e. The summed E-state index contributed by atoms with van der Waals surface area (Å²) in [4.78, 5) is 0. The summed E-state index contributed by atoms with van der Waals surface area (Å²) in [7, 11) is 0. The topological polar surface area (TPSA) is 24.1 Å². The van der Waals surface area contributed by atoms with Crippen molar-refractivity contribution in [1.82, 2.24) is 10.6 Å². The monoisotopic (exact) mass is 218 g/mol. The average molecular weight is 218 g/mol. The van der Waals surface area contributed by atoms with Gasteiger partial charge in [-0.3, -0.25) is 0 Å². The third-order valence-corrected chi connectivity index (χ3v) is 3.47. The van der Waals surface area contributed by atoms with Crippen LogP contribution in [0.5, 0.6) is 0 Å². The van der Waals surface area contributed by atoms with Crippen molar-refractivity contribution in [1.29, 1.82) is 0 Å². The van der Waals surface area contributed by atoms with Crippen molar-refractivity contribution < 1.29 is 4.39 Å². The first-order valence-electron chi connectivity index (χ1n) is 5.77. The Balaban J connectivity index is 1.80. The number of halogens is 1. The second-order valence-corrected chi connectivity index (χ2v) is 4.51. The summed E-state index contributed by atoms with van der Waals surface area (Å²) in [6.45, 7) is 0.832. The Morgan fingerprint density at radius 2 is 2.31 bits per heavy atom. The molecule has 0 bridgehead atoms. The van der Waals surface area contributed by atoms with Gasteiger partial charge in [0.1, 0.15) is 5.82 Å². The van der Waals surface area contributed by atoms with Gasteiger partial charge < -0.3 is 10.6 Å². The summed E-state index contributed by atoms with van der Waals surface area (Å²) in [5.74, 6) is 0.438. The first-order chi connectivity index (χ1) is 7.83. The van der Waals surface area contributed by atoms with Gasteiger partial charge in [-0.1, -0.05) is 6.07 Å². The van der Waals surface area contributed by atoms with E-state index in [1.165, 1.54) is 16.8 Å². The Labute approximate surface area is 94.5 Å². The van der Waals surface area contributed by atoms with Gasteiger partial charge in [-0.15, -0.1) is 0 Å². The van der Waals surface area contributed by atoms with E-state index in [2.05, 4.69) is 10.6 Å². The highest BCUT2D eigenvalue weighted by Crippen LogP contribution is 2.37. The van der Waals surface area contributed by atoms with E-state index in [0.717, 1.165) is 25.9 Å². The molecule has 1 heterocycles. The maximum absolute atomic E-state index is 13.1. The number of nitrogens with one attached hydrogen (secondary N) is 2. The van der Waals surface area contributed by atoms with Crippen LogP contribution in [0.4, 0.5) is 4.39 Å². The van der Waals surface area contributed by atoms with Gasteiger partial charge in [-0.25, -0.2) is 4.39 Å². The SMILES string of the molecule is Fc1ccc2c(c1)CC[C@@H]2CC1=CNCN1. The lowest BCUT2D eigenvalue weighted by atomic mass is 9.96. The summed E-state index contributed by atoms with van der Waals surface area (Å²) in [6.07, 6.45) is 5.23. The zero-order valence-electron chi connectivity index (χ0n) is 9.09. The van der Waals surface area contributed by atoms with E-state index >= 15 is 0 Å². The Bertz CT molecular complexity index is 440. The number of rotatable bonds is 2. The molecule has 1 aromatic rings. The second-order valence-electron chi connectivity index (χ2n) is 4.51. The van der Waals surface area contributed by atoms with E-state index in [-0.39, 0.29) is 5.82 Å². The molecule has 1 atom stereocenters. The van der Waals surface area contributed by atoms with Gasteiger partial charge in [0.2, 0.25) is 0 Å². The Hall–Kier alpha value is -1.51. The molecule has 0 fully saturated rings. The van der Waals surface area contributed by atoms with E-state index in [0.29, 0.717) is 5.92 Å². The van der Waals surface area contributed by atoms with Gasteiger partial charge in [0.15, 0.2) is 0 Å². The highest BCUT2D eigenvalue weighted by Gasteiger charge is 2.24. The highest BCUT2D eigenvalue weighted by molar-refractivity contribution is 5.36. The van der Waals surface area contributed by atoms with E-state index in [4.69, 9.17) is 0 Å². The van der Waals surface area contributed by atoms with Crippen LogP contribution in [0, 0.1) is 5.82 Å². The molecule has 1 aliphatic carbocycles. The number of benzene rings is 1. The normalized spacial score (nSPS) is 22.3. The van der Waals surface area contributed by atoms with Crippen molar-refractivity contribution in [2.24, 2.45) is 0 Å². The van der Waals surface area contributed by atoms with Crippen molar-refractivity contribution >= 4 is 0 Å². The molecule has 2 aliphatic rings. The molecule has 0 saturated carbocycles. The standard InChI is InChI=1S/C13H15FN2/c14-11-3-4-13-9(5-11)1-2-10(13)6-12-7-15-8-16-12/h3-5,7,10,15-16H,1-2,6,8H2/t10-/m1/s1. The maximum Gasteiger partial charge on any atom is 0.123 e. The first-order valence-corrected chi connectivity index (χ1v) is 5.77. The van der Waals surface area contributed by atoms with E-state index in [9.17, 15) is 4.39 Å². The Morgan fingerprint density at radius 1 is 1.38 bits per heavy atom. The number of hydrogen-bond donors (Lipinski definition) is 2. The molecular weight excluding hydrogens is 203 g/mol. The fourth-order valence-electron chi connectivity index (χ4n) is 2.67.